The summed E-state index contributed by atoms with van der Waals surface area (Å²) in [7, 11) is 3.20. The molecule has 0 bridgehead atoms. The average molecular weight is 370 g/mol. The van der Waals surface area contributed by atoms with Gasteiger partial charge in [-0.05, 0) is 42.5 Å². The Morgan fingerprint density at radius 1 is 0.962 bits per heavy atom. The number of rotatable bonds is 4. The number of fused-ring (bicyclic) bond motifs is 1. The van der Waals surface area contributed by atoms with Crippen LogP contribution in [0.2, 0.25) is 0 Å². The van der Waals surface area contributed by atoms with Crippen molar-refractivity contribution in [1.29, 1.82) is 0 Å². The predicted octanol–water partition coefficient (Wildman–Crippen LogP) is 3.75. The predicted molar refractivity (Wildman–Crippen MR) is 98.2 cm³/mol. The van der Waals surface area contributed by atoms with Crippen LogP contribution in [-0.4, -0.2) is 29.1 Å². The van der Waals surface area contributed by atoms with Gasteiger partial charge in [0.2, 0.25) is 5.16 Å². The molecule has 0 spiro atoms. The van der Waals surface area contributed by atoms with Crippen molar-refractivity contribution in [3.05, 3.63) is 59.3 Å². The number of hydrogen-bond acceptors (Lipinski definition) is 6. The van der Waals surface area contributed by atoms with E-state index in [-0.39, 0.29) is 5.82 Å². The van der Waals surface area contributed by atoms with Crippen LogP contribution in [0.25, 0.3) is 17.1 Å². The molecule has 0 atom stereocenters. The molecule has 0 amide bonds. The van der Waals surface area contributed by atoms with Crippen molar-refractivity contribution < 1.29 is 13.9 Å². The molecular weight excluding hydrogens is 355 g/mol. The van der Waals surface area contributed by atoms with E-state index in [0.717, 1.165) is 16.8 Å². The second-order valence-corrected chi connectivity index (χ2v) is 6.32. The molecule has 26 heavy (non-hydrogen) atoms. The monoisotopic (exact) mass is 370 g/mol. The third kappa shape index (κ3) is 2.88. The van der Waals surface area contributed by atoms with E-state index in [2.05, 4.69) is 15.6 Å². The number of ether oxygens (including phenoxy) is 2. The number of hydrogen-bond donors (Lipinski definition) is 1. The summed E-state index contributed by atoms with van der Waals surface area (Å²) in [6, 6.07) is 11.8. The van der Waals surface area contributed by atoms with Crippen molar-refractivity contribution >= 4 is 17.5 Å². The van der Waals surface area contributed by atoms with Gasteiger partial charge in [-0.15, -0.1) is 10.2 Å². The average Bonchev–Trinajstić information content (AvgIpc) is 3.11. The molecule has 0 saturated heterocycles. The molecule has 0 saturated carbocycles. The molecule has 0 radical (unpaired) electrons. The number of aromatic nitrogens is 3. The van der Waals surface area contributed by atoms with Gasteiger partial charge >= 0.3 is 0 Å². The molecule has 2 aromatic carbocycles. The number of halogens is 1. The zero-order valence-corrected chi connectivity index (χ0v) is 14.9. The molecule has 1 aliphatic heterocycles. The Morgan fingerprint density at radius 2 is 1.69 bits per heavy atom. The lowest BCUT2D eigenvalue weighted by Crippen LogP contribution is -2.18. The van der Waals surface area contributed by atoms with Crippen molar-refractivity contribution in [2.45, 2.75) is 5.16 Å². The third-order valence-corrected chi connectivity index (χ3v) is 4.77. The highest BCUT2D eigenvalue weighted by atomic mass is 32.2. The van der Waals surface area contributed by atoms with Crippen LogP contribution in [0.5, 0.6) is 11.5 Å². The molecule has 2 heterocycles. The fourth-order valence-corrected chi connectivity index (χ4v) is 3.37. The van der Waals surface area contributed by atoms with Crippen molar-refractivity contribution in [1.82, 2.24) is 14.9 Å². The van der Waals surface area contributed by atoms with Gasteiger partial charge in [0, 0.05) is 16.5 Å². The SMILES string of the molecule is COc1ccc(C2=CSc3nnc(-c4ccc(F)cc4)n3N2)cc1OC. The van der Waals surface area contributed by atoms with Gasteiger partial charge in [0.1, 0.15) is 5.82 Å². The Morgan fingerprint density at radius 3 is 2.42 bits per heavy atom. The van der Waals surface area contributed by atoms with E-state index in [0.29, 0.717) is 22.5 Å². The summed E-state index contributed by atoms with van der Waals surface area (Å²) < 4.78 is 25.6. The van der Waals surface area contributed by atoms with Crippen LogP contribution in [-0.2, 0) is 0 Å². The van der Waals surface area contributed by atoms with Gasteiger partial charge in [0.15, 0.2) is 17.3 Å². The highest BCUT2D eigenvalue weighted by Crippen LogP contribution is 2.34. The molecule has 0 fully saturated rings. The molecule has 132 valence electrons. The van der Waals surface area contributed by atoms with E-state index < -0.39 is 0 Å². The Labute approximate surface area is 153 Å². The maximum atomic E-state index is 13.2. The lowest BCUT2D eigenvalue weighted by molar-refractivity contribution is 0.355. The second kappa shape index (κ2) is 6.72. The molecule has 1 N–H and O–H groups in total. The van der Waals surface area contributed by atoms with Crippen LogP contribution in [0.3, 0.4) is 0 Å². The first kappa shape index (κ1) is 16.5. The maximum Gasteiger partial charge on any atom is 0.214 e. The summed E-state index contributed by atoms with van der Waals surface area (Å²) in [5.74, 6) is 1.63. The lowest BCUT2D eigenvalue weighted by atomic mass is 10.1. The molecule has 4 rings (SSSR count). The fourth-order valence-electron chi connectivity index (χ4n) is 2.63. The number of methoxy groups -OCH3 is 2. The fraction of sp³-hybridized carbons (Fsp3) is 0.111. The van der Waals surface area contributed by atoms with Gasteiger partial charge in [0.05, 0.1) is 19.9 Å². The van der Waals surface area contributed by atoms with E-state index in [4.69, 9.17) is 9.47 Å². The quantitative estimate of drug-likeness (QED) is 0.755. The van der Waals surface area contributed by atoms with E-state index >= 15 is 0 Å². The Kier molecular flexibility index (Phi) is 4.26. The maximum absolute atomic E-state index is 13.2. The van der Waals surface area contributed by atoms with Gasteiger partial charge in [-0.2, -0.15) is 0 Å². The van der Waals surface area contributed by atoms with E-state index in [9.17, 15) is 4.39 Å². The van der Waals surface area contributed by atoms with Crippen molar-refractivity contribution in [3.63, 3.8) is 0 Å². The number of nitrogens with one attached hydrogen (secondary N) is 1. The summed E-state index contributed by atoms with van der Waals surface area (Å²) >= 11 is 1.45. The Bertz CT molecular complexity index is 985. The van der Waals surface area contributed by atoms with Crippen LogP contribution < -0.4 is 14.9 Å². The smallest absolute Gasteiger partial charge is 0.214 e. The number of thioether (sulfide) groups is 1. The van der Waals surface area contributed by atoms with Gasteiger partial charge in [-0.1, -0.05) is 11.8 Å². The minimum Gasteiger partial charge on any atom is -0.493 e. The van der Waals surface area contributed by atoms with Crippen molar-refractivity contribution in [2.24, 2.45) is 0 Å². The first-order valence-electron chi connectivity index (χ1n) is 7.77. The number of benzene rings is 2. The van der Waals surface area contributed by atoms with E-state index in [1.54, 1.807) is 31.0 Å². The van der Waals surface area contributed by atoms with Gasteiger partial charge < -0.3 is 9.47 Å². The van der Waals surface area contributed by atoms with Crippen LogP contribution >= 0.6 is 11.8 Å². The zero-order chi connectivity index (χ0) is 18.1. The summed E-state index contributed by atoms with van der Waals surface area (Å²) in [5.41, 5.74) is 5.87. The topological polar surface area (TPSA) is 61.2 Å². The normalized spacial score (nSPS) is 12.8. The first-order valence-corrected chi connectivity index (χ1v) is 8.65. The highest BCUT2D eigenvalue weighted by Gasteiger charge is 2.20. The standard InChI is InChI=1S/C18H15FN4O2S/c1-24-15-8-5-12(9-16(15)25-2)14-10-26-18-21-20-17(23(18)22-14)11-3-6-13(19)7-4-11/h3-10,22H,1-2H3. The number of nitrogens with zero attached hydrogens (tertiary/aromatic N) is 3. The summed E-state index contributed by atoms with van der Waals surface area (Å²) in [5, 5.41) is 11.1. The summed E-state index contributed by atoms with van der Waals surface area (Å²) in [4.78, 5) is 0. The Balaban J connectivity index is 1.68. The minimum absolute atomic E-state index is 0.291. The zero-order valence-electron chi connectivity index (χ0n) is 14.1. The molecule has 0 aliphatic carbocycles. The molecule has 1 aromatic heterocycles. The van der Waals surface area contributed by atoms with Gasteiger partial charge in [-0.3, -0.25) is 5.43 Å². The second-order valence-electron chi connectivity index (χ2n) is 5.48. The van der Waals surface area contributed by atoms with Crippen LogP contribution in [0.1, 0.15) is 5.56 Å². The van der Waals surface area contributed by atoms with Gasteiger partial charge in [-0.25, -0.2) is 9.07 Å². The summed E-state index contributed by atoms with van der Waals surface area (Å²) in [6.45, 7) is 0. The van der Waals surface area contributed by atoms with Crippen molar-refractivity contribution in [2.75, 3.05) is 19.6 Å². The van der Waals surface area contributed by atoms with Crippen molar-refractivity contribution in [3.8, 4) is 22.9 Å². The van der Waals surface area contributed by atoms with Crippen LogP contribution in [0.4, 0.5) is 4.39 Å². The molecule has 8 heteroatoms. The molecule has 6 nitrogen and oxygen atoms in total. The largest absolute Gasteiger partial charge is 0.493 e. The highest BCUT2D eigenvalue weighted by molar-refractivity contribution is 8.02. The van der Waals surface area contributed by atoms with E-state index in [1.807, 2.05) is 23.6 Å². The third-order valence-electron chi connectivity index (χ3n) is 3.94. The van der Waals surface area contributed by atoms with Crippen LogP contribution in [0, 0.1) is 5.82 Å². The molecule has 1 aliphatic rings. The summed E-state index contributed by atoms with van der Waals surface area (Å²) in [6.07, 6.45) is 0. The lowest BCUT2D eigenvalue weighted by Gasteiger charge is -2.20. The van der Waals surface area contributed by atoms with Gasteiger partial charge in [0.25, 0.3) is 0 Å². The molecule has 3 aromatic rings. The molecule has 0 unspecified atom stereocenters. The minimum atomic E-state index is -0.291. The van der Waals surface area contributed by atoms with Crippen LogP contribution in [0.15, 0.2) is 53.0 Å². The van der Waals surface area contributed by atoms with E-state index in [1.165, 1.54) is 23.9 Å². The molecular formula is C18H15FN4O2S. The first-order chi connectivity index (χ1) is 12.7. The Hall–Kier alpha value is -3.00.